The number of piperidine rings is 1. The fourth-order valence-corrected chi connectivity index (χ4v) is 5.77. The second kappa shape index (κ2) is 8.08. The lowest BCUT2D eigenvalue weighted by atomic mass is 9.92. The topological polar surface area (TPSA) is 34.0 Å². The summed E-state index contributed by atoms with van der Waals surface area (Å²) in [5.41, 5.74) is 4.44. The van der Waals surface area contributed by atoms with E-state index in [1.54, 1.807) is 0 Å². The quantitative estimate of drug-likeness (QED) is 0.402. The third-order valence-corrected chi connectivity index (χ3v) is 7.50. The summed E-state index contributed by atoms with van der Waals surface area (Å²) in [5.74, 6) is 0. The molecule has 0 bridgehead atoms. The summed E-state index contributed by atoms with van der Waals surface area (Å²) in [6, 6.07) is 18.6. The van der Waals surface area contributed by atoms with Crippen LogP contribution >= 0.6 is 0 Å². The first-order chi connectivity index (χ1) is 15.4. The van der Waals surface area contributed by atoms with E-state index in [0.717, 1.165) is 17.2 Å². The maximum Gasteiger partial charge on any atom is 0.160 e. The fraction of sp³-hybridized carbons (Fsp3) is 0.407. The number of fused-ring (bicyclic) bond motifs is 2. The Morgan fingerprint density at radius 2 is 1.55 bits per heavy atom. The molecule has 4 aromatic rings. The molecule has 2 aliphatic rings. The summed E-state index contributed by atoms with van der Waals surface area (Å²) >= 11 is 0. The number of imidazole rings is 1. The molecule has 2 fully saturated rings. The molecule has 0 radical (unpaired) electrons. The summed E-state index contributed by atoms with van der Waals surface area (Å²) in [6.45, 7) is 2.42. The van der Waals surface area contributed by atoms with E-state index in [4.69, 9.17) is 9.97 Å². The maximum absolute atomic E-state index is 4.85. The Labute approximate surface area is 183 Å². The van der Waals surface area contributed by atoms with Crippen LogP contribution in [-0.4, -0.2) is 38.6 Å². The first-order valence-electron chi connectivity index (χ1n) is 11.9. The molecule has 1 saturated carbocycles. The van der Waals surface area contributed by atoms with Gasteiger partial charge in [-0.3, -0.25) is 0 Å². The van der Waals surface area contributed by atoms with Crippen LogP contribution in [0.1, 0.15) is 51.0 Å². The molecule has 1 aliphatic carbocycles. The van der Waals surface area contributed by atoms with Gasteiger partial charge in [0.15, 0.2) is 5.65 Å². The molecule has 4 heteroatoms. The second-order valence-electron chi connectivity index (χ2n) is 9.30. The largest absolute Gasteiger partial charge is 0.312 e. The van der Waals surface area contributed by atoms with Gasteiger partial charge in [-0.15, -0.1) is 0 Å². The smallest absolute Gasteiger partial charge is 0.160 e. The van der Waals surface area contributed by atoms with Crippen molar-refractivity contribution in [2.75, 3.05) is 13.1 Å². The van der Waals surface area contributed by atoms with Gasteiger partial charge in [0.2, 0.25) is 0 Å². The predicted octanol–water partition coefficient (Wildman–Crippen LogP) is 6.22. The lowest BCUT2D eigenvalue weighted by Gasteiger charge is -2.39. The number of benzene rings is 2. The van der Waals surface area contributed by atoms with Crippen molar-refractivity contribution in [3.05, 3.63) is 61.1 Å². The van der Waals surface area contributed by atoms with Gasteiger partial charge in [-0.1, -0.05) is 55.7 Å². The van der Waals surface area contributed by atoms with Gasteiger partial charge in [0.1, 0.15) is 5.52 Å². The van der Waals surface area contributed by atoms with Crippen LogP contribution in [0.5, 0.6) is 0 Å². The molecular formula is C27H30N4. The van der Waals surface area contributed by atoms with Crippen molar-refractivity contribution in [2.45, 2.75) is 57.0 Å². The number of aromatic nitrogens is 3. The highest BCUT2D eigenvalue weighted by Crippen LogP contribution is 2.33. The molecule has 0 spiro atoms. The average Bonchev–Trinajstić information content (AvgIpc) is 3.29. The van der Waals surface area contributed by atoms with Crippen LogP contribution in [0.15, 0.2) is 61.1 Å². The van der Waals surface area contributed by atoms with Gasteiger partial charge >= 0.3 is 0 Å². The minimum Gasteiger partial charge on any atom is -0.312 e. The molecule has 1 saturated heterocycles. The number of likely N-dealkylation sites (tertiary alicyclic amines) is 1. The molecule has 0 N–H and O–H groups in total. The fourth-order valence-electron chi connectivity index (χ4n) is 5.77. The lowest BCUT2D eigenvalue weighted by molar-refractivity contribution is 0.110. The molecule has 0 atom stereocenters. The highest BCUT2D eigenvalue weighted by atomic mass is 15.2. The van der Waals surface area contributed by atoms with E-state index in [9.17, 15) is 0 Å². The van der Waals surface area contributed by atoms with Crippen LogP contribution < -0.4 is 0 Å². The number of pyridine rings is 1. The Morgan fingerprint density at radius 1 is 0.742 bits per heavy atom. The van der Waals surface area contributed by atoms with Crippen LogP contribution in [0, 0.1) is 0 Å². The molecule has 0 amide bonds. The maximum atomic E-state index is 4.85. The van der Waals surface area contributed by atoms with Gasteiger partial charge in [-0.25, -0.2) is 9.97 Å². The van der Waals surface area contributed by atoms with Crippen molar-refractivity contribution < 1.29 is 0 Å². The summed E-state index contributed by atoms with van der Waals surface area (Å²) in [5, 5.41) is 2.53. The average molecular weight is 411 g/mol. The van der Waals surface area contributed by atoms with Crippen LogP contribution in [-0.2, 0) is 0 Å². The Hall–Kier alpha value is -2.72. The standard InChI is InChI=1S/C27H30N4/c1-2-8-23(9-3-1)30-16-13-24(14-17-30)31-19-29-26-25(12-15-28-27(26)31)22-11-10-20-6-4-5-7-21(20)18-22/h4-7,10-12,15,18-19,23-24H,1-3,8-9,13-14,16-17H2. The molecule has 31 heavy (non-hydrogen) atoms. The van der Waals surface area contributed by atoms with Crippen LogP contribution in [0.4, 0.5) is 0 Å². The van der Waals surface area contributed by atoms with E-state index in [0.29, 0.717) is 6.04 Å². The molecule has 6 rings (SSSR count). The summed E-state index contributed by atoms with van der Waals surface area (Å²) in [7, 11) is 0. The van der Waals surface area contributed by atoms with Gasteiger partial charge < -0.3 is 9.47 Å². The zero-order valence-corrected chi connectivity index (χ0v) is 18.1. The Balaban J connectivity index is 1.28. The van der Waals surface area contributed by atoms with Crippen molar-refractivity contribution in [1.29, 1.82) is 0 Å². The molecule has 1 aliphatic heterocycles. The number of hydrogen-bond donors (Lipinski definition) is 0. The van der Waals surface area contributed by atoms with E-state index in [2.05, 4.69) is 58.0 Å². The molecular weight excluding hydrogens is 380 g/mol. The molecule has 2 aromatic carbocycles. The first kappa shape index (κ1) is 19.0. The second-order valence-corrected chi connectivity index (χ2v) is 9.30. The van der Waals surface area contributed by atoms with E-state index >= 15 is 0 Å². The minimum absolute atomic E-state index is 0.504. The van der Waals surface area contributed by atoms with E-state index in [1.165, 1.54) is 79.9 Å². The van der Waals surface area contributed by atoms with Gasteiger partial charge in [-0.05, 0) is 54.2 Å². The van der Waals surface area contributed by atoms with Gasteiger partial charge in [0, 0.05) is 36.9 Å². The zero-order chi connectivity index (χ0) is 20.6. The van der Waals surface area contributed by atoms with Crippen LogP contribution in [0.25, 0.3) is 33.1 Å². The van der Waals surface area contributed by atoms with E-state index in [1.807, 2.05) is 12.5 Å². The van der Waals surface area contributed by atoms with Crippen molar-refractivity contribution >= 4 is 21.9 Å². The Kier molecular flexibility index (Phi) is 4.95. The molecule has 3 heterocycles. The van der Waals surface area contributed by atoms with Crippen molar-refractivity contribution in [3.63, 3.8) is 0 Å². The number of nitrogens with zero attached hydrogens (tertiary/aromatic N) is 4. The molecule has 0 unspecified atom stereocenters. The van der Waals surface area contributed by atoms with E-state index < -0.39 is 0 Å². The van der Waals surface area contributed by atoms with Gasteiger partial charge in [0.05, 0.1) is 6.33 Å². The van der Waals surface area contributed by atoms with E-state index in [-0.39, 0.29) is 0 Å². The molecule has 158 valence electrons. The number of rotatable bonds is 3. The predicted molar refractivity (Wildman–Crippen MR) is 127 cm³/mol. The van der Waals surface area contributed by atoms with Crippen molar-refractivity contribution in [3.8, 4) is 11.1 Å². The minimum atomic E-state index is 0.504. The normalized spacial score (nSPS) is 19.4. The van der Waals surface area contributed by atoms with Crippen molar-refractivity contribution in [1.82, 2.24) is 19.4 Å². The third kappa shape index (κ3) is 3.53. The zero-order valence-electron chi connectivity index (χ0n) is 18.1. The summed E-state index contributed by atoms with van der Waals surface area (Å²) < 4.78 is 2.35. The van der Waals surface area contributed by atoms with Crippen molar-refractivity contribution in [2.24, 2.45) is 0 Å². The highest BCUT2D eigenvalue weighted by molar-refractivity contribution is 5.94. The van der Waals surface area contributed by atoms with Gasteiger partial charge in [-0.2, -0.15) is 0 Å². The molecule has 4 nitrogen and oxygen atoms in total. The molecule has 2 aromatic heterocycles. The third-order valence-electron chi connectivity index (χ3n) is 7.50. The summed E-state index contributed by atoms with van der Waals surface area (Å²) in [6.07, 6.45) is 13.4. The van der Waals surface area contributed by atoms with Crippen LogP contribution in [0.3, 0.4) is 0 Å². The highest BCUT2D eigenvalue weighted by Gasteiger charge is 2.28. The summed E-state index contributed by atoms with van der Waals surface area (Å²) in [4.78, 5) is 12.4. The first-order valence-corrected chi connectivity index (χ1v) is 11.9. The van der Waals surface area contributed by atoms with Gasteiger partial charge in [0.25, 0.3) is 0 Å². The SMILES string of the molecule is c1ccc2cc(-c3ccnc4c3ncn4C3CCN(C4CCCCC4)CC3)ccc2c1. The number of hydrogen-bond acceptors (Lipinski definition) is 3. The van der Waals surface area contributed by atoms with Crippen LogP contribution in [0.2, 0.25) is 0 Å². The Morgan fingerprint density at radius 3 is 2.39 bits per heavy atom. The monoisotopic (exact) mass is 410 g/mol. The Bertz CT molecular complexity index is 1200. The lowest BCUT2D eigenvalue weighted by Crippen LogP contribution is -2.42.